The topological polar surface area (TPSA) is 115 Å². The number of carbonyl (C=O) groups excluding carboxylic acids is 3. The molecular weight excluding hydrogens is 488 g/mol. The van der Waals surface area contributed by atoms with Gasteiger partial charge in [0.2, 0.25) is 5.91 Å². The lowest BCUT2D eigenvalue weighted by Gasteiger charge is -2.38. The Bertz CT molecular complexity index is 1250. The second kappa shape index (κ2) is 10.1. The fraction of sp³-hybridized carbons (Fsp3) is 0.480. The Morgan fingerprint density at radius 3 is 2.68 bits per heavy atom. The van der Waals surface area contributed by atoms with E-state index >= 15 is 0 Å². The number of piperidine rings is 1. The molecule has 3 amide bonds. The molecule has 0 spiro atoms. The van der Waals surface area contributed by atoms with Gasteiger partial charge >= 0.3 is 0 Å². The van der Waals surface area contributed by atoms with Gasteiger partial charge in [-0.15, -0.1) is 11.3 Å². The molecule has 2 N–H and O–H groups in total. The van der Waals surface area contributed by atoms with Crippen molar-refractivity contribution in [2.45, 2.75) is 63.3 Å². The van der Waals surface area contributed by atoms with Crippen LogP contribution in [0.15, 0.2) is 34.8 Å². The fourth-order valence-electron chi connectivity index (χ4n) is 5.49. The van der Waals surface area contributed by atoms with Crippen molar-refractivity contribution in [1.29, 1.82) is 0 Å². The van der Waals surface area contributed by atoms with Crippen LogP contribution in [0.2, 0.25) is 0 Å². The molecule has 5 rings (SSSR count). The predicted octanol–water partition coefficient (Wildman–Crippen LogP) is 1.59. The maximum absolute atomic E-state index is 13.6. The molecule has 9 nitrogen and oxygen atoms in total. The van der Waals surface area contributed by atoms with E-state index in [2.05, 4.69) is 10.3 Å². The normalized spacial score (nSPS) is 27.7. The van der Waals surface area contributed by atoms with E-state index < -0.39 is 23.7 Å². The van der Waals surface area contributed by atoms with Gasteiger partial charge in [0.15, 0.2) is 18.5 Å². The summed E-state index contributed by atoms with van der Waals surface area (Å²) in [4.78, 5) is 52.4. The minimum atomic E-state index is -1.17. The Morgan fingerprint density at radius 1 is 1.24 bits per heavy atom. The maximum atomic E-state index is 13.6. The Labute approximate surface area is 222 Å². The van der Waals surface area contributed by atoms with E-state index in [9.17, 15) is 19.5 Å². The molecule has 0 aliphatic carbocycles. The molecule has 3 radical (unpaired) electrons. The summed E-state index contributed by atoms with van der Waals surface area (Å²) in [5.74, 6) is -0.569. The summed E-state index contributed by atoms with van der Waals surface area (Å²) >= 11 is 1.56. The quantitative estimate of drug-likeness (QED) is 0.586. The van der Waals surface area contributed by atoms with Gasteiger partial charge in [0.25, 0.3) is 5.91 Å². The predicted molar refractivity (Wildman–Crippen MR) is 143 cm³/mol. The molecule has 4 unspecified atom stereocenters. The summed E-state index contributed by atoms with van der Waals surface area (Å²) in [6.45, 7) is 4.28. The number of aliphatic hydroxyl groups is 1. The molecule has 4 atom stereocenters. The number of rotatable bonds is 5. The van der Waals surface area contributed by atoms with Gasteiger partial charge in [0.05, 0.1) is 28.2 Å². The van der Waals surface area contributed by atoms with Crippen LogP contribution in [0, 0.1) is 6.92 Å². The highest BCUT2D eigenvalue weighted by Crippen LogP contribution is 2.35. The minimum absolute atomic E-state index is 0.114. The molecule has 3 aliphatic rings. The Morgan fingerprint density at radius 2 is 2.00 bits per heavy atom. The summed E-state index contributed by atoms with van der Waals surface area (Å²) in [6.07, 6.45) is 1.65. The molecular formula is C25H28B2N5O4S. The van der Waals surface area contributed by atoms with Crippen LogP contribution in [0.25, 0.3) is 10.4 Å². The molecule has 12 heteroatoms. The lowest BCUT2D eigenvalue weighted by Crippen LogP contribution is -2.56. The van der Waals surface area contributed by atoms with Gasteiger partial charge in [0, 0.05) is 27.2 Å². The number of likely N-dealkylation sites (tertiary alicyclic amines) is 2. The second-order valence-electron chi connectivity index (χ2n) is 9.97. The van der Waals surface area contributed by atoms with Crippen LogP contribution in [-0.2, 0) is 15.1 Å². The number of β-amino-alcohol motifs (C(OH)–C–C–N with tert-alkyl or cyclic N) is 1. The van der Waals surface area contributed by atoms with Crippen molar-refractivity contribution in [3.63, 3.8) is 0 Å². The number of thiazole rings is 1. The maximum Gasteiger partial charge on any atom is 0.257 e. The number of aromatic nitrogens is 1. The van der Waals surface area contributed by atoms with Gasteiger partial charge in [-0.1, -0.05) is 24.3 Å². The summed E-state index contributed by atoms with van der Waals surface area (Å²) in [5.41, 5.74) is 3.34. The zero-order valence-electron chi connectivity index (χ0n) is 20.9. The number of amidine groups is 1. The SMILES string of the molecule is [B][B]C(=O)N1CCCCC1C(=O)N1CC(O)CC1C1=NC(C)(c2ccc(-c3scnc3C)cc2)C(=O)N1. The van der Waals surface area contributed by atoms with E-state index in [1.165, 1.54) is 4.90 Å². The number of aliphatic imine (C=N–C) groups is 1. The summed E-state index contributed by atoms with van der Waals surface area (Å²) < 4.78 is 0. The molecule has 4 heterocycles. The Kier molecular flexibility index (Phi) is 6.97. The first kappa shape index (κ1) is 25.7. The van der Waals surface area contributed by atoms with Crippen molar-refractivity contribution in [3.05, 3.63) is 41.0 Å². The highest BCUT2D eigenvalue weighted by molar-refractivity contribution is 7.13. The van der Waals surface area contributed by atoms with Crippen molar-refractivity contribution in [2.75, 3.05) is 13.1 Å². The third kappa shape index (κ3) is 4.61. The standard InChI is InChI=1S/C25H28B2N5O4S/c1-14-20(37-13-28-14)15-6-8-16(9-7-15)25(2)23(35)29-21(30-25)19-11-17(33)12-32(19)22(34)18-5-3-4-10-31(18)24(36)27-26/h6-9,13,17-19,33H,3-5,10-12H2,1-2H3,(H,29,30,35). The highest BCUT2D eigenvalue weighted by Gasteiger charge is 2.48. The minimum Gasteiger partial charge on any atom is -0.391 e. The van der Waals surface area contributed by atoms with Gasteiger partial charge in [-0.25, -0.2) is 9.98 Å². The molecule has 2 fully saturated rings. The van der Waals surface area contributed by atoms with E-state index in [0.29, 0.717) is 18.8 Å². The molecule has 37 heavy (non-hydrogen) atoms. The van der Waals surface area contributed by atoms with Crippen LogP contribution < -0.4 is 5.32 Å². The van der Waals surface area contributed by atoms with Crippen LogP contribution in [0.4, 0.5) is 4.79 Å². The third-order valence-electron chi connectivity index (χ3n) is 7.57. The number of aliphatic hydroxyl groups excluding tert-OH is 1. The first-order valence-electron chi connectivity index (χ1n) is 12.5. The number of benzene rings is 1. The Hall–Kier alpha value is -2.98. The van der Waals surface area contributed by atoms with Crippen LogP contribution in [-0.4, -0.2) is 89.5 Å². The van der Waals surface area contributed by atoms with E-state index in [1.54, 1.807) is 28.7 Å². The highest BCUT2D eigenvalue weighted by atomic mass is 32.1. The number of hydrogen-bond acceptors (Lipinski definition) is 7. The van der Waals surface area contributed by atoms with E-state index in [1.807, 2.05) is 31.2 Å². The van der Waals surface area contributed by atoms with Gasteiger partial charge in [-0.3, -0.25) is 14.4 Å². The zero-order valence-corrected chi connectivity index (χ0v) is 21.7. The average molecular weight is 516 g/mol. The van der Waals surface area contributed by atoms with Gasteiger partial charge in [-0.05, 0) is 44.2 Å². The van der Waals surface area contributed by atoms with Gasteiger partial charge < -0.3 is 20.2 Å². The van der Waals surface area contributed by atoms with Gasteiger partial charge in [-0.2, -0.15) is 0 Å². The average Bonchev–Trinajstić information content (AvgIpc) is 3.60. The van der Waals surface area contributed by atoms with Crippen LogP contribution in [0.1, 0.15) is 43.9 Å². The van der Waals surface area contributed by atoms with Crippen molar-refractivity contribution < 1.29 is 19.5 Å². The van der Waals surface area contributed by atoms with Crippen molar-refractivity contribution in [3.8, 4) is 10.4 Å². The number of hydrogen-bond donors (Lipinski definition) is 2. The number of amides is 3. The summed E-state index contributed by atoms with van der Waals surface area (Å²) in [5, 5.41) is 13.4. The van der Waals surface area contributed by atoms with Crippen molar-refractivity contribution in [1.82, 2.24) is 20.1 Å². The van der Waals surface area contributed by atoms with Crippen LogP contribution in [0.5, 0.6) is 0 Å². The molecule has 2 aromatic rings. The van der Waals surface area contributed by atoms with Crippen LogP contribution >= 0.6 is 11.3 Å². The first-order valence-corrected chi connectivity index (χ1v) is 13.4. The number of nitrogens with one attached hydrogen (secondary N) is 1. The fourth-order valence-corrected chi connectivity index (χ4v) is 6.30. The number of nitrogens with zero attached hydrogens (tertiary/aromatic N) is 4. The molecule has 1 aromatic heterocycles. The molecule has 2 saturated heterocycles. The van der Waals surface area contributed by atoms with Crippen molar-refractivity contribution >= 4 is 49.7 Å². The molecule has 3 aliphatic heterocycles. The lowest BCUT2D eigenvalue weighted by molar-refractivity contribution is -0.137. The largest absolute Gasteiger partial charge is 0.391 e. The monoisotopic (exact) mass is 516 g/mol. The third-order valence-corrected chi connectivity index (χ3v) is 8.55. The van der Waals surface area contributed by atoms with E-state index in [-0.39, 0.29) is 30.6 Å². The zero-order chi connectivity index (χ0) is 26.3. The summed E-state index contributed by atoms with van der Waals surface area (Å²) in [7, 11) is 6.44. The summed E-state index contributed by atoms with van der Waals surface area (Å²) in [6, 6.07) is 6.46. The molecule has 1 aromatic carbocycles. The lowest BCUT2D eigenvalue weighted by atomic mass is 9.54. The molecule has 0 saturated carbocycles. The molecule has 0 bridgehead atoms. The Balaban J connectivity index is 1.40. The van der Waals surface area contributed by atoms with E-state index in [0.717, 1.165) is 41.7 Å². The smallest absolute Gasteiger partial charge is 0.257 e. The number of carbonyl (C=O) groups is 3. The van der Waals surface area contributed by atoms with Crippen molar-refractivity contribution in [2.24, 2.45) is 4.99 Å². The number of aryl methyl sites for hydroxylation is 1. The first-order chi connectivity index (χ1) is 17.7. The van der Waals surface area contributed by atoms with E-state index in [4.69, 9.17) is 12.7 Å². The van der Waals surface area contributed by atoms with Gasteiger partial charge in [0.1, 0.15) is 11.9 Å². The van der Waals surface area contributed by atoms with Crippen LogP contribution in [0.3, 0.4) is 0 Å². The molecule has 189 valence electrons. The second-order valence-corrected chi connectivity index (χ2v) is 10.8.